The minimum atomic E-state index is 0.109. The second kappa shape index (κ2) is 7.22. The molecule has 2 heterocycles. The van der Waals surface area contributed by atoms with Crippen molar-refractivity contribution in [3.8, 4) is 0 Å². The summed E-state index contributed by atoms with van der Waals surface area (Å²) in [6.45, 7) is 5.93. The zero-order valence-corrected chi connectivity index (χ0v) is 12.1. The maximum absolute atomic E-state index is 11.7. The summed E-state index contributed by atoms with van der Waals surface area (Å²) in [6, 6.07) is 1.04. The normalized spacial score (nSPS) is 26.6. The van der Waals surface area contributed by atoms with Crippen molar-refractivity contribution in [3.05, 3.63) is 0 Å². The van der Waals surface area contributed by atoms with Crippen LogP contribution in [-0.2, 0) is 14.3 Å². The number of nitrogens with one attached hydrogen (secondary N) is 1. The average molecular weight is 270 g/mol. The first-order chi connectivity index (χ1) is 9.20. The third-order valence-electron chi connectivity index (χ3n) is 4.29. The minimum absolute atomic E-state index is 0.109. The number of carbonyl (C=O) groups is 1. The number of piperidine rings is 1. The summed E-state index contributed by atoms with van der Waals surface area (Å²) in [4.78, 5) is 13.6. The van der Waals surface area contributed by atoms with Crippen LogP contribution in [0, 0.1) is 5.92 Å². The molecule has 0 spiro atoms. The number of rotatable bonds is 5. The number of carbonyl (C=O) groups excluding carboxylic acids is 1. The number of likely N-dealkylation sites (tertiary alicyclic amines) is 1. The molecular formula is C14H26N2O3. The highest BCUT2D eigenvalue weighted by molar-refractivity contribution is 5.77. The Balaban J connectivity index is 1.69. The van der Waals surface area contributed by atoms with Gasteiger partial charge in [0.2, 0.25) is 5.91 Å². The largest absolute Gasteiger partial charge is 0.381 e. The molecule has 0 aromatic rings. The number of ether oxygens (including phenoxy) is 2. The lowest BCUT2D eigenvalue weighted by Gasteiger charge is -2.34. The van der Waals surface area contributed by atoms with E-state index in [1.165, 1.54) is 6.42 Å². The minimum Gasteiger partial charge on any atom is -0.381 e. The van der Waals surface area contributed by atoms with E-state index < -0.39 is 0 Å². The predicted molar refractivity (Wildman–Crippen MR) is 73.0 cm³/mol. The summed E-state index contributed by atoms with van der Waals surface area (Å²) in [6.07, 6.45) is 3.24. The molecule has 1 N–H and O–H groups in total. The fraction of sp³-hybridized carbons (Fsp3) is 0.929. The standard InChI is InChI=1S/C14H26N2O3/c1-11(12-5-8-19-9-12)15-13-3-6-16(7-4-13)14(17)10-18-2/h11-13,15H,3-10H2,1-2H3. The summed E-state index contributed by atoms with van der Waals surface area (Å²) >= 11 is 0. The van der Waals surface area contributed by atoms with Crippen molar-refractivity contribution in [2.45, 2.75) is 38.3 Å². The third-order valence-corrected chi connectivity index (χ3v) is 4.29. The number of nitrogens with zero attached hydrogens (tertiary/aromatic N) is 1. The van der Waals surface area contributed by atoms with Crippen molar-refractivity contribution in [1.29, 1.82) is 0 Å². The molecule has 2 aliphatic rings. The number of amides is 1. The van der Waals surface area contributed by atoms with Gasteiger partial charge in [0.15, 0.2) is 0 Å². The maximum Gasteiger partial charge on any atom is 0.248 e. The van der Waals surface area contributed by atoms with E-state index in [1.54, 1.807) is 7.11 Å². The van der Waals surface area contributed by atoms with Crippen LogP contribution in [0.2, 0.25) is 0 Å². The molecule has 2 atom stereocenters. The zero-order valence-electron chi connectivity index (χ0n) is 12.1. The molecule has 0 aromatic heterocycles. The number of hydrogen-bond acceptors (Lipinski definition) is 4. The van der Waals surface area contributed by atoms with Crippen LogP contribution >= 0.6 is 0 Å². The summed E-state index contributed by atoms with van der Waals surface area (Å²) in [7, 11) is 1.57. The highest BCUT2D eigenvalue weighted by atomic mass is 16.5. The van der Waals surface area contributed by atoms with E-state index in [4.69, 9.17) is 9.47 Å². The van der Waals surface area contributed by atoms with Gasteiger partial charge in [-0.05, 0) is 32.1 Å². The fourth-order valence-corrected chi connectivity index (χ4v) is 2.97. The smallest absolute Gasteiger partial charge is 0.248 e. The molecule has 2 unspecified atom stereocenters. The Morgan fingerprint density at radius 3 is 2.74 bits per heavy atom. The molecule has 1 amide bonds. The Kier molecular flexibility index (Phi) is 5.60. The van der Waals surface area contributed by atoms with Crippen LogP contribution in [-0.4, -0.2) is 62.9 Å². The Morgan fingerprint density at radius 1 is 1.42 bits per heavy atom. The zero-order chi connectivity index (χ0) is 13.7. The van der Waals surface area contributed by atoms with Crippen molar-refractivity contribution in [1.82, 2.24) is 10.2 Å². The van der Waals surface area contributed by atoms with E-state index in [9.17, 15) is 4.79 Å². The lowest BCUT2D eigenvalue weighted by Crippen LogP contribution is -2.49. The maximum atomic E-state index is 11.7. The van der Waals surface area contributed by atoms with Gasteiger partial charge in [-0.1, -0.05) is 0 Å². The molecule has 2 saturated heterocycles. The van der Waals surface area contributed by atoms with Crippen molar-refractivity contribution >= 4 is 5.91 Å². The fourth-order valence-electron chi connectivity index (χ4n) is 2.97. The molecule has 5 heteroatoms. The van der Waals surface area contributed by atoms with E-state index in [0.29, 0.717) is 18.0 Å². The van der Waals surface area contributed by atoms with Gasteiger partial charge in [0.05, 0.1) is 6.61 Å². The molecule has 0 saturated carbocycles. The second-order valence-electron chi connectivity index (χ2n) is 5.67. The Bertz CT molecular complexity index is 284. The van der Waals surface area contributed by atoms with Crippen molar-refractivity contribution < 1.29 is 14.3 Å². The Hall–Kier alpha value is -0.650. The van der Waals surface area contributed by atoms with Gasteiger partial charge >= 0.3 is 0 Å². The van der Waals surface area contributed by atoms with Crippen LogP contribution in [0.15, 0.2) is 0 Å². The molecule has 2 aliphatic heterocycles. The second-order valence-corrected chi connectivity index (χ2v) is 5.67. The van der Waals surface area contributed by atoms with Gasteiger partial charge in [-0.3, -0.25) is 4.79 Å². The molecule has 19 heavy (non-hydrogen) atoms. The summed E-state index contributed by atoms with van der Waals surface area (Å²) in [5.41, 5.74) is 0. The van der Waals surface area contributed by atoms with Crippen molar-refractivity contribution in [2.24, 2.45) is 5.92 Å². The van der Waals surface area contributed by atoms with Crippen LogP contribution in [0.5, 0.6) is 0 Å². The first kappa shape index (κ1) is 14.8. The van der Waals surface area contributed by atoms with Crippen LogP contribution < -0.4 is 5.32 Å². The van der Waals surface area contributed by atoms with Crippen molar-refractivity contribution in [3.63, 3.8) is 0 Å². The van der Waals surface area contributed by atoms with Gasteiger partial charge in [-0.15, -0.1) is 0 Å². The van der Waals surface area contributed by atoms with Gasteiger partial charge in [-0.2, -0.15) is 0 Å². The highest BCUT2D eigenvalue weighted by Crippen LogP contribution is 2.19. The Labute approximate surface area is 115 Å². The van der Waals surface area contributed by atoms with Gasteiger partial charge in [0, 0.05) is 38.9 Å². The first-order valence-electron chi connectivity index (χ1n) is 7.31. The first-order valence-corrected chi connectivity index (χ1v) is 7.31. The Morgan fingerprint density at radius 2 is 2.16 bits per heavy atom. The van der Waals surface area contributed by atoms with E-state index in [0.717, 1.165) is 39.1 Å². The SMILES string of the molecule is COCC(=O)N1CCC(NC(C)C2CCOC2)CC1. The van der Waals surface area contributed by atoms with E-state index in [1.807, 2.05) is 4.90 Å². The van der Waals surface area contributed by atoms with E-state index >= 15 is 0 Å². The molecule has 110 valence electrons. The van der Waals surface area contributed by atoms with Crippen LogP contribution in [0.4, 0.5) is 0 Å². The van der Waals surface area contributed by atoms with Gasteiger partial charge < -0.3 is 19.7 Å². The molecule has 2 fully saturated rings. The molecule has 0 radical (unpaired) electrons. The van der Waals surface area contributed by atoms with E-state index in [2.05, 4.69) is 12.2 Å². The summed E-state index contributed by atoms with van der Waals surface area (Å²) < 4.78 is 10.3. The topological polar surface area (TPSA) is 50.8 Å². The predicted octanol–water partition coefficient (Wildman–Crippen LogP) is 0.638. The van der Waals surface area contributed by atoms with Crippen LogP contribution in [0.1, 0.15) is 26.2 Å². The molecule has 2 rings (SSSR count). The molecule has 0 bridgehead atoms. The molecule has 5 nitrogen and oxygen atoms in total. The van der Waals surface area contributed by atoms with Crippen molar-refractivity contribution in [2.75, 3.05) is 40.0 Å². The van der Waals surface area contributed by atoms with Gasteiger partial charge in [-0.25, -0.2) is 0 Å². The molecule has 0 aliphatic carbocycles. The van der Waals surface area contributed by atoms with Crippen LogP contribution in [0.3, 0.4) is 0 Å². The molecule has 0 aromatic carbocycles. The number of hydrogen-bond donors (Lipinski definition) is 1. The number of methoxy groups -OCH3 is 1. The van der Waals surface area contributed by atoms with Gasteiger partial charge in [0.1, 0.15) is 6.61 Å². The lowest BCUT2D eigenvalue weighted by atomic mass is 9.97. The summed E-state index contributed by atoms with van der Waals surface area (Å²) in [5, 5.41) is 3.70. The quantitative estimate of drug-likeness (QED) is 0.796. The van der Waals surface area contributed by atoms with Gasteiger partial charge in [0.25, 0.3) is 0 Å². The molecular weight excluding hydrogens is 244 g/mol. The van der Waals surface area contributed by atoms with E-state index in [-0.39, 0.29) is 12.5 Å². The highest BCUT2D eigenvalue weighted by Gasteiger charge is 2.27. The third kappa shape index (κ3) is 4.16. The average Bonchev–Trinajstić information content (AvgIpc) is 2.94. The lowest BCUT2D eigenvalue weighted by molar-refractivity contribution is -0.136. The summed E-state index contributed by atoms with van der Waals surface area (Å²) in [5.74, 6) is 0.756. The van der Waals surface area contributed by atoms with Crippen LogP contribution in [0.25, 0.3) is 0 Å². The monoisotopic (exact) mass is 270 g/mol.